The molecule has 2 aromatic carbocycles. The lowest BCUT2D eigenvalue weighted by atomic mass is 10.1. The van der Waals surface area contributed by atoms with Crippen LogP contribution in [0.2, 0.25) is 5.02 Å². The minimum atomic E-state index is 0.484. The fourth-order valence-corrected chi connectivity index (χ4v) is 2.33. The topological polar surface area (TPSA) is 40.2 Å². The lowest BCUT2D eigenvalue weighted by molar-refractivity contribution is 0.329. The predicted octanol–water partition coefficient (Wildman–Crippen LogP) is 4.16. The van der Waals surface area contributed by atoms with Crippen LogP contribution < -0.4 is 10.5 Å². The molecule has 0 amide bonds. The highest BCUT2D eigenvalue weighted by Crippen LogP contribution is 2.32. The van der Waals surface area contributed by atoms with Gasteiger partial charge in [0.2, 0.25) is 0 Å². The smallest absolute Gasteiger partial charge is 0.138 e. The SMILES string of the molecule is Cc1cccn1C.NCCOc1ccc2ccccc2c1Cl. The van der Waals surface area contributed by atoms with Gasteiger partial charge >= 0.3 is 0 Å². The Morgan fingerprint density at radius 1 is 1.09 bits per heavy atom. The Kier molecular flexibility index (Phi) is 5.87. The monoisotopic (exact) mass is 316 g/mol. The number of aromatic nitrogens is 1. The van der Waals surface area contributed by atoms with Crippen LogP contribution in [0.1, 0.15) is 5.69 Å². The maximum atomic E-state index is 6.21. The summed E-state index contributed by atoms with van der Waals surface area (Å²) in [5.74, 6) is 0.695. The Morgan fingerprint density at radius 3 is 2.45 bits per heavy atom. The molecule has 2 N–H and O–H groups in total. The zero-order chi connectivity index (χ0) is 15.9. The molecular weight excluding hydrogens is 296 g/mol. The average molecular weight is 317 g/mol. The maximum absolute atomic E-state index is 6.21. The van der Waals surface area contributed by atoms with E-state index in [1.54, 1.807) is 0 Å². The summed E-state index contributed by atoms with van der Waals surface area (Å²) in [6, 6.07) is 15.9. The van der Waals surface area contributed by atoms with E-state index < -0.39 is 0 Å². The van der Waals surface area contributed by atoms with Gasteiger partial charge in [0.05, 0.1) is 5.02 Å². The molecule has 0 saturated heterocycles. The fourth-order valence-electron chi connectivity index (χ4n) is 2.04. The third-order valence-corrected chi connectivity index (χ3v) is 3.80. The molecule has 1 aromatic heterocycles. The summed E-state index contributed by atoms with van der Waals surface area (Å²) in [6.45, 7) is 3.06. The molecule has 0 aliphatic carbocycles. The van der Waals surface area contributed by atoms with Gasteiger partial charge in [-0.1, -0.05) is 41.9 Å². The Morgan fingerprint density at radius 2 is 1.86 bits per heavy atom. The third-order valence-electron chi connectivity index (χ3n) is 3.41. The van der Waals surface area contributed by atoms with Crippen LogP contribution in [0.4, 0.5) is 0 Å². The molecule has 3 nitrogen and oxygen atoms in total. The lowest BCUT2D eigenvalue weighted by Gasteiger charge is -2.08. The van der Waals surface area contributed by atoms with Crippen LogP contribution in [0.5, 0.6) is 5.75 Å². The largest absolute Gasteiger partial charge is 0.491 e. The van der Waals surface area contributed by atoms with Crippen LogP contribution in [0.3, 0.4) is 0 Å². The molecule has 0 aliphatic rings. The summed E-state index contributed by atoms with van der Waals surface area (Å²) >= 11 is 6.21. The number of hydrogen-bond donors (Lipinski definition) is 1. The highest BCUT2D eigenvalue weighted by atomic mass is 35.5. The van der Waals surface area contributed by atoms with Gasteiger partial charge < -0.3 is 15.0 Å². The molecule has 3 rings (SSSR count). The number of hydrogen-bond acceptors (Lipinski definition) is 2. The van der Waals surface area contributed by atoms with E-state index in [1.807, 2.05) is 55.7 Å². The number of benzene rings is 2. The molecule has 22 heavy (non-hydrogen) atoms. The van der Waals surface area contributed by atoms with Crippen molar-refractivity contribution in [3.8, 4) is 5.75 Å². The van der Waals surface area contributed by atoms with Crippen molar-refractivity contribution in [3.63, 3.8) is 0 Å². The van der Waals surface area contributed by atoms with Gasteiger partial charge in [0.15, 0.2) is 0 Å². The first-order valence-electron chi connectivity index (χ1n) is 7.21. The van der Waals surface area contributed by atoms with Crippen molar-refractivity contribution < 1.29 is 4.74 Å². The van der Waals surface area contributed by atoms with Gasteiger partial charge in [-0.25, -0.2) is 0 Å². The van der Waals surface area contributed by atoms with Gasteiger partial charge in [-0.3, -0.25) is 0 Å². The second-order valence-corrected chi connectivity index (χ2v) is 5.37. The fraction of sp³-hybridized carbons (Fsp3) is 0.222. The maximum Gasteiger partial charge on any atom is 0.138 e. The standard InChI is InChI=1S/C12H12ClNO.C6H9N/c13-12-10-4-2-1-3-9(10)5-6-11(12)15-8-7-14;1-6-4-3-5-7(6)2/h1-6H,7-8,14H2;3-5H,1-2H3. The minimum Gasteiger partial charge on any atom is -0.491 e. The van der Waals surface area contributed by atoms with Crippen molar-refractivity contribution in [3.05, 3.63) is 65.4 Å². The predicted molar refractivity (Wildman–Crippen MR) is 93.7 cm³/mol. The molecule has 0 fully saturated rings. The lowest BCUT2D eigenvalue weighted by Crippen LogP contribution is -2.10. The number of ether oxygens (including phenoxy) is 1. The number of nitrogens with zero attached hydrogens (tertiary/aromatic N) is 1. The van der Waals surface area contributed by atoms with Crippen LogP contribution >= 0.6 is 11.6 Å². The highest BCUT2D eigenvalue weighted by molar-refractivity contribution is 6.37. The first kappa shape index (κ1) is 16.4. The van der Waals surface area contributed by atoms with E-state index in [1.165, 1.54) is 5.69 Å². The number of aryl methyl sites for hydroxylation is 2. The molecule has 116 valence electrons. The van der Waals surface area contributed by atoms with Gasteiger partial charge in [-0.15, -0.1) is 0 Å². The quantitative estimate of drug-likeness (QED) is 0.788. The Balaban J connectivity index is 0.000000211. The molecular formula is C18H21ClN2O. The number of halogens is 1. The van der Waals surface area contributed by atoms with Gasteiger partial charge in [-0.2, -0.15) is 0 Å². The highest BCUT2D eigenvalue weighted by Gasteiger charge is 2.05. The van der Waals surface area contributed by atoms with E-state index in [4.69, 9.17) is 22.1 Å². The second-order valence-electron chi connectivity index (χ2n) is 5.00. The first-order chi connectivity index (χ1) is 10.6. The Hall–Kier alpha value is -1.97. The summed E-state index contributed by atoms with van der Waals surface area (Å²) < 4.78 is 7.52. The van der Waals surface area contributed by atoms with Crippen molar-refractivity contribution in [2.45, 2.75) is 6.92 Å². The average Bonchev–Trinajstić information content (AvgIpc) is 2.91. The molecule has 0 aliphatic heterocycles. The number of fused-ring (bicyclic) bond motifs is 1. The van der Waals surface area contributed by atoms with Gasteiger partial charge in [0.25, 0.3) is 0 Å². The summed E-state index contributed by atoms with van der Waals surface area (Å²) in [5, 5.41) is 2.78. The zero-order valence-corrected chi connectivity index (χ0v) is 13.7. The number of rotatable bonds is 3. The van der Waals surface area contributed by atoms with Crippen molar-refractivity contribution in [2.75, 3.05) is 13.2 Å². The molecule has 0 saturated carbocycles. The van der Waals surface area contributed by atoms with Crippen LogP contribution in [0.25, 0.3) is 10.8 Å². The summed E-state index contributed by atoms with van der Waals surface area (Å²) in [6.07, 6.45) is 2.04. The second kappa shape index (κ2) is 7.87. The van der Waals surface area contributed by atoms with E-state index in [2.05, 4.69) is 17.6 Å². The molecule has 1 heterocycles. The van der Waals surface area contributed by atoms with Crippen molar-refractivity contribution >= 4 is 22.4 Å². The van der Waals surface area contributed by atoms with E-state index in [-0.39, 0.29) is 0 Å². The molecule has 0 unspecified atom stereocenters. The number of nitrogens with two attached hydrogens (primary N) is 1. The molecule has 0 bridgehead atoms. The van der Waals surface area contributed by atoms with Gasteiger partial charge in [0.1, 0.15) is 12.4 Å². The summed E-state index contributed by atoms with van der Waals surface area (Å²) in [5.41, 5.74) is 6.68. The summed E-state index contributed by atoms with van der Waals surface area (Å²) in [4.78, 5) is 0. The van der Waals surface area contributed by atoms with Crippen molar-refractivity contribution in [1.82, 2.24) is 4.57 Å². The normalized spacial score (nSPS) is 10.2. The van der Waals surface area contributed by atoms with Crippen LogP contribution in [0.15, 0.2) is 54.7 Å². The minimum absolute atomic E-state index is 0.484. The Labute approximate surface area is 136 Å². The molecule has 3 aromatic rings. The van der Waals surface area contributed by atoms with Crippen LogP contribution in [-0.4, -0.2) is 17.7 Å². The molecule has 0 radical (unpaired) electrons. The Bertz CT molecular complexity index is 720. The van der Waals surface area contributed by atoms with E-state index in [0.717, 1.165) is 10.8 Å². The van der Waals surface area contributed by atoms with E-state index >= 15 is 0 Å². The van der Waals surface area contributed by atoms with E-state index in [9.17, 15) is 0 Å². The van der Waals surface area contributed by atoms with E-state index in [0.29, 0.717) is 23.9 Å². The van der Waals surface area contributed by atoms with Gasteiger partial charge in [0, 0.05) is 30.9 Å². The van der Waals surface area contributed by atoms with Crippen molar-refractivity contribution in [1.29, 1.82) is 0 Å². The van der Waals surface area contributed by atoms with Crippen molar-refractivity contribution in [2.24, 2.45) is 12.8 Å². The first-order valence-corrected chi connectivity index (χ1v) is 7.59. The molecule has 0 spiro atoms. The molecule has 0 atom stereocenters. The van der Waals surface area contributed by atoms with Crippen LogP contribution in [-0.2, 0) is 7.05 Å². The summed E-state index contributed by atoms with van der Waals surface area (Å²) in [7, 11) is 2.04. The van der Waals surface area contributed by atoms with Crippen LogP contribution in [0, 0.1) is 6.92 Å². The zero-order valence-electron chi connectivity index (χ0n) is 12.9. The van der Waals surface area contributed by atoms with Gasteiger partial charge in [-0.05, 0) is 30.5 Å². The third kappa shape index (κ3) is 4.03. The molecule has 4 heteroatoms.